The first-order valence-corrected chi connectivity index (χ1v) is 4.89. The second-order valence-corrected chi connectivity index (χ2v) is 3.55. The van der Waals surface area contributed by atoms with Crippen molar-refractivity contribution < 1.29 is 14.9 Å². The predicted octanol–water partition coefficient (Wildman–Crippen LogP) is -0.644. The summed E-state index contributed by atoms with van der Waals surface area (Å²) in [7, 11) is 0. The smallest absolute Gasteiger partial charge is 0.0607 e. The van der Waals surface area contributed by atoms with Gasteiger partial charge in [0.25, 0.3) is 0 Å². The van der Waals surface area contributed by atoms with E-state index in [0.29, 0.717) is 5.92 Å². The highest BCUT2D eigenvalue weighted by Gasteiger charge is 2.15. The summed E-state index contributed by atoms with van der Waals surface area (Å²) in [6, 6.07) is -0.179. The molecule has 1 unspecified atom stereocenters. The molecule has 1 fully saturated rings. The number of hydrogen-bond donors (Lipinski definition) is 3. The summed E-state index contributed by atoms with van der Waals surface area (Å²) in [6.07, 6.45) is 2.30. The minimum absolute atomic E-state index is 0.00984. The molecule has 0 spiro atoms. The summed E-state index contributed by atoms with van der Waals surface area (Å²) in [5.74, 6) is 0.536. The Morgan fingerprint density at radius 1 is 1.38 bits per heavy atom. The summed E-state index contributed by atoms with van der Waals surface area (Å²) < 4.78 is 5.32. The zero-order valence-electron chi connectivity index (χ0n) is 7.91. The van der Waals surface area contributed by atoms with Gasteiger partial charge >= 0.3 is 0 Å². The third-order valence-electron chi connectivity index (χ3n) is 2.39. The second-order valence-electron chi connectivity index (χ2n) is 3.55. The topological polar surface area (TPSA) is 61.7 Å². The van der Waals surface area contributed by atoms with Crippen LogP contribution < -0.4 is 5.32 Å². The second kappa shape index (κ2) is 6.32. The van der Waals surface area contributed by atoms with E-state index in [4.69, 9.17) is 14.9 Å². The Labute approximate surface area is 78.9 Å². The number of hydrogen-bond acceptors (Lipinski definition) is 4. The van der Waals surface area contributed by atoms with Gasteiger partial charge in [-0.3, -0.25) is 0 Å². The molecule has 3 N–H and O–H groups in total. The van der Waals surface area contributed by atoms with Crippen LogP contribution in [0.4, 0.5) is 0 Å². The van der Waals surface area contributed by atoms with Crippen molar-refractivity contribution in [2.75, 3.05) is 33.0 Å². The first kappa shape index (κ1) is 10.9. The van der Waals surface area contributed by atoms with E-state index in [1.165, 1.54) is 6.42 Å². The predicted molar refractivity (Wildman–Crippen MR) is 49.5 cm³/mol. The van der Waals surface area contributed by atoms with Crippen LogP contribution in [-0.2, 0) is 4.74 Å². The fraction of sp³-hybridized carbons (Fsp3) is 1.00. The highest BCUT2D eigenvalue weighted by molar-refractivity contribution is 4.70. The molecule has 0 aromatic carbocycles. The van der Waals surface area contributed by atoms with Crippen molar-refractivity contribution in [1.29, 1.82) is 0 Å². The van der Waals surface area contributed by atoms with Crippen LogP contribution in [-0.4, -0.2) is 49.2 Å². The minimum Gasteiger partial charge on any atom is -0.395 e. The SMILES string of the molecule is OCC(CO)NCC1CCCOC1. The molecule has 0 bridgehead atoms. The molecule has 1 atom stereocenters. The maximum absolute atomic E-state index is 8.80. The van der Waals surface area contributed by atoms with Gasteiger partial charge in [-0.05, 0) is 18.8 Å². The normalized spacial score (nSPS) is 23.8. The fourth-order valence-corrected chi connectivity index (χ4v) is 1.49. The van der Waals surface area contributed by atoms with Gasteiger partial charge in [0.2, 0.25) is 0 Å². The standard InChI is InChI=1S/C9H19NO3/c11-5-9(6-12)10-4-8-2-1-3-13-7-8/h8-12H,1-7H2. The molecular weight excluding hydrogens is 170 g/mol. The Kier molecular flexibility index (Phi) is 5.31. The van der Waals surface area contributed by atoms with Crippen LogP contribution in [0.5, 0.6) is 0 Å². The molecule has 78 valence electrons. The van der Waals surface area contributed by atoms with Gasteiger partial charge < -0.3 is 20.3 Å². The van der Waals surface area contributed by atoms with E-state index in [9.17, 15) is 0 Å². The van der Waals surface area contributed by atoms with Gasteiger partial charge in [-0.15, -0.1) is 0 Å². The summed E-state index contributed by atoms with van der Waals surface area (Å²) in [4.78, 5) is 0. The molecule has 0 aromatic rings. The van der Waals surface area contributed by atoms with Gasteiger partial charge in [-0.2, -0.15) is 0 Å². The molecule has 1 heterocycles. The summed E-state index contributed by atoms with van der Waals surface area (Å²) in [5.41, 5.74) is 0. The van der Waals surface area contributed by atoms with E-state index in [0.717, 1.165) is 26.2 Å². The van der Waals surface area contributed by atoms with Crippen molar-refractivity contribution in [2.45, 2.75) is 18.9 Å². The van der Waals surface area contributed by atoms with Gasteiger partial charge in [0, 0.05) is 13.2 Å². The molecule has 0 saturated carbocycles. The van der Waals surface area contributed by atoms with E-state index in [1.807, 2.05) is 0 Å². The van der Waals surface area contributed by atoms with Crippen molar-refractivity contribution in [1.82, 2.24) is 5.32 Å². The average molecular weight is 189 g/mol. The van der Waals surface area contributed by atoms with Crippen LogP contribution in [0.2, 0.25) is 0 Å². The van der Waals surface area contributed by atoms with Crippen LogP contribution in [0.15, 0.2) is 0 Å². The average Bonchev–Trinajstić information content (AvgIpc) is 2.21. The van der Waals surface area contributed by atoms with E-state index in [2.05, 4.69) is 5.32 Å². The molecule has 13 heavy (non-hydrogen) atoms. The summed E-state index contributed by atoms with van der Waals surface area (Å²) in [5, 5.41) is 20.7. The number of aliphatic hydroxyl groups excluding tert-OH is 2. The molecule has 4 nitrogen and oxygen atoms in total. The Bertz CT molecular complexity index is 122. The van der Waals surface area contributed by atoms with E-state index >= 15 is 0 Å². The van der Waals surface area contributed by atoms with Crippen LogP contribution in [0.25, 0.3) is 0 Å². The van der Waals surface area contributed by atoms with Crippen LogP contribution >= 0.6 is 0 Å². The Hall–Kier alpha value is -0.160. The minimum atomic E-state index is -0.179. The summed E-state index contributed by atoms with van der Waals surface area (Å²) >= 11 is 0. The lowest BCUT2D eigenvalue weighted by atomic mass is 10.0. The van der Waals surface area contributed by atoms with E-state index < -0.39 is 0 Å². The lowest BCUT2D eigenvalue weighted by molar-refractivity contribution is 0.0511. The third-order valence-corrected chi connectivity index (χ3v) is 2.39. The van der Waals surface area contributed by atoms with Crippen molar-refractivity contribution in [3.05, 3.63) is 0 Å². The highest BCUT2D eigenvalue weighted by atomic mass is 16.5. The monoisotopic (exact) mass is 189 g/mol. The molecular formula is C9H19NO3. The molecule has 1 saturated heterocycles. The van der Waals surface area contributed by atoms with Gasteiger partial charge in [-0.1, -0.05) is 0 Å². The lowest BCUT2D eigenvalue weighted by Gasteiger charge is -2.24. The Balaban J connectivity index is 2.09. The lowest BCUT2D eigenvalue weighted by Crippen LogP contribution is -2.40. The molecule has 0 aliphatic carbocycles. The zero-order valence-corrected chi connectivity index (χ0v) is 7.91. The first-order chi connectivity index (χ1) is 6.36. The highest BCUT2D eigenvalue weighted by Crippen LogP contribution is 2.12. The number of ether oxygens (including phenoxy) is 1. The van der Waals surface area contributed by atoms with E-state index in [-0.39, 0.29) is 19.3 Å². The Morgan fingerprint density at radius 2 is 2.15 bits per heavy atom. The van der Waals surface area contributed by atoms with Gasteiger partial charge in [0.05, 0.1) is 25.9 Å². The van der Waals surface area contributed by atoms with Gasteiger partial charge in [0.1, 0.15) is 0 Å². The van der Waals surface area contributed by atoms with Crippen molar-refractivity contribution >= 4 is 0 Å². The number of aliphatic hydroxyl groups is 2. The maximum Gasteiger partial charge on any atom is 0.0607 e. The fourth-order valence-electron chi connectivity index (χ4n) is 1.49. The van der Waals surface area contributed by atoms with Crippen molar-refractivity contribution in [2.24, 2.45) is 5.92 Å². The molecule has 1 rings (SSSR count). The number of nitrogens with one attached hydrogen (secondary N) is 1. The van der Waals surface area contributed by atoms with Gasteiger partial charge in [-0.25, -0.2) is 0 Å². The first-order valence-electron chi connectivity index (χ1n) is 4.89. The molecule has 0 aromatic heterocycles. The maximum atomic E-state index is 8.80. The quantitative estimate of drug-likeness (QED) is 0.538. The van der Waals surface area contributed by atoms with Crippen molar-refractivity contribution in [3.63, 3.8) is 0 Å². The van der Waals surface area contributed by atoms with Gasteiger partial charge in [0.15, 0.2) is 0 Å². The molecule has 0 radical (unpaired) electrons. The summed E-state index contributed by atoms with van der Waals surface area (Å²) in [6.45, 7) is 2.48. The molecule has 4 heteroatoms. The van der Waals surface area contributed by atoms with Crippen molar-refractivity contribution in [3.8, 4) is 0 Å². The number of rotatable bonds is 5. The largest absolute Gasteiger partial charge is 0.395 e. The van der Waals surface area contributed by atoms with Crippen LogP contribution in [0, 0.1) is 5.92 Å². The van der Waals surface area contributed by atoms with E-state index in [1.54, 1.807) is 0 Å². The Morgan fingerprint density at radius 3 is 2.69 bits per heavy atom. The van der Waals surface area contributed by atoms with Crippen LogP contribution in [0.1, 0.15) is 12.8 Å². The molecule has 0 amide bonds. The molecule has 1 aliphatic rings. The third kappa shape index (κ3) is 4.04. The van der Waals surface area contributed by atoms with Crippen LogP contribution in [0.3, 0.4) is 0 Å². The zero-order chi connectivity index (χ0) is 9.52. The molecule has 1 aliphatic heterocycles.